The summed E-state index contributed by atoms with van der Waals surface area (Å²) in [5.41, 5.74) is 2.44. The van der Waals surface area contributed by atoms with E-state index < -0.39 is 5.91 Å². The maximum atomic E-state index is 10.7. The van der Waals surface area contributed by atoms with Crippen LogP contribution in [0.3, 0.4) is 0 Å². The van der Waals surface area contributed by atoms with Gasteiger partial charge in [-0.2, -0.15) is 0 Å². The Balaban J connectivity index is 2.93. The number of hydrogen-bond acceptors (Lipinski definition) is 5. The number of hydrazine groups is 1. The number of hydrogen-bond donors (Lipinski definition) is 2. The van der Waals surface area contributed by atoms with Gasteiger partial charge in [0.15, 0.2) is 5.69 Å². The van der Waals surface area contributed by atoms with Crippen LogP contribution in [0.2, 0.25) is 0 Å². The average Bonchev–Trinajstić information content (AvgIpc) is 2.34. The Kier molecular flexibility index (Phi) is 1.63. The number of carbonyl (C=O) groups excluding carboxylic acids is 1. The predicted molar refractivity (Wildman–Crippen MR) is 30.7 cm³/mol. The SMILES string of the molecule is Cc1nonc1C(=O)NN. The number of amides is 1. The molecule has 0 radical (unpaired) electrons. The predicted octanol–water partition coefficient (Wildman–Crippen LogP) is -1.02. The minimum absolute atomic E-state index is 0.113. The first-order chi connectivity index (χ1) is 4.75. The van der Waals surface area contributed by atoms with Crippen molar-refractivity contribution in [2.24, 2.45) is 5.84 Å². The van der Waals surface area contributed by atoms with Crippen molar-refractivity contribution in [1.29, 1.82) is 0 Å². The van der Waals surface area contributed by atoms with Crippen LogP contribution in [0.5, 0.6) is 0 Å². The maximum absolute atomic E-state index is 10.7. The third-order valence-electron chi connectivity index (χ3n) is 0.999. The highest BCUT2D eigenvalue weighted by Crippen LogP contribution is 1.97. The summed E-state index contributed by atoms with van der Waals surface area (Å²) < 4.78 is 4.25. The van der Waals surface area contributed by atoms with Crippen molar-refractivity contribution in [2.75, 3.05) is 0 Å². The molecule has 0 bridgehead atoms. The Morgan fingerprint density at radius 3 is 2.80 bits per heavy atom. The highest BCUT2D eigenvalue weighted by molar-refractivity contribution is 5.92. The van der Waals surface area contributed by atoms with Gasteiger partial charge in [-0.15, -0.1) is 0 Å². The molecular weight excluding hydrogens is 136 g/mol. The molecule has 1 heterocycles. The molecule has 54 valence electrons. The first-order valence-electron chi connectivity index (χ1n) is 2.56. The third kappa shape index (κ3) is 0.960. The first-order valence-corrected chi connectivity index (χ1v) is 2.56. The highest BCUT2D eigenvalue weighted by Gasteiger charge is 2.12. The zero-order chi connectivity index (χ0) is 7.56. The van der Waals surface area contributed by atoms with Crippen molar-refractivity contribution in [3.63, 3.8) is 0 Å². The van der Waals surface area contributed by atoms with Crippen molar-refractivity contribution >= 4 is 5.91 Å². The van der Waals surface area contributed by atoms with Crippen LogP contribution >= 0.6 is 0 Å². The number of aromatic nitrogens is 2. The van der Waals surface area contributed by atoms with E-state index >= 15 is 0 Å². The zero-order valence-corrected chi connectivity index (χ0v) is 5.29. The van der Waals surface area contributed by atoms with E-state index in [0.29, 0.717) is 5.69 Å². The number of nitrogens with two attached hydrogens (primary N) is 1. The van der Waals surface area contributed by atoms with Gasteiger partial charge in [0.25, 0.3) is 5.91 Å². The number of nitrogens with one attached hydrogen (secondary N) is 1. The largest absolute Gasteiger partial charge is 0.289 e. The second-order valence-corrected chi connectivity index (χ2v) is 1.67. The van der Waals surface area contributed by atoms with Gasteiger partial charge in [0.1, 0.15) is 5.69 Å². The summed E-state index contributed by atoms with van der Waals surface area (Å²) in [5.74, 6) is 4.32. The molecule has 1 aromatic heterocycles. The van der Waals surface area contributed by atoms with Gasteiger partial charge in [-0.05, 0) is 12.1 Å². The number of nitrogen functional groups attached to an aromatic ring is 1. The first kappa shape index (κ1) is 6.69. The molecule has 0 saturated carbocycles. The molecule has 0 aromatic carbocycles. The molecule has 6 heteroatoms. The van der Waals surface area contributed by atoms with Crippen molar-refractivity contribution in [1.82, 2.24) is 15.7 Å². The summed E-state index contributed by atoms with van der Waals surface area (Å²) in [6.07, 6.45) is 0. The van der Waals surface area contributed by atoms with E-state index in [1.165, 1.54) is 0 Å². The lowest BCUT2D eigenvalue weighted by molar-refractivity contribution is 0.0943. The third-order valence-corrected chi connectivity index (χ3v) is 0.999. The Bertz CT molecular complexity index is 243. The molecule has 0 spiro atoms. The molecule has 0 atom stereocenters. The standard InChI is InChI=1S/C4H6N4O2/c1-2-3(4(9)6-5)8-10-7-2/h5H2,1H3,(H,6,9). The fourth-order valence-electron chi connectivity index (χ4n) is 0.506. The van der Waals surface area contributed by atoms with E-state index in [2.05, 4.69) is 14.9 Å². The van der Waals surface area contributed by atoms with Crippen LogP contribution in [-0.4, -0.2) is 16.2 Å². The van der Waals surface area contributed by atoms with Gasteiger partial charge in [0.05, 0.1) is 0 Å². The summed E-state index contributed by atoms with van der Waals surface area (Å²) in [4.78, 5) is 10.7. The van der Waals surface area contributed by atoms with Crippen LogP contribution in [0.1, 0.15) is 16.2 Å². The monoisotopic (exact) mass is 142 g/mol. The lowest BCUT2D eigenvalue weighted by atomic mass is 10.3. The summed E-state index contributed by atoms with van der Waals surface area (Å²) in [7, 11) is 0. The molecule has 10 heavy (non-hydrogen) atoms. The second-order valence-electron chi connectivity index (χ2n) is 1.67. The fraction of sp³-hybridized carbons (Fsp3) is 0.250. The zero-order valence-electron chi connectivity index (χ0n) is 5.29. The Labute approximate surface area is 56.3 Å². The topological polar surface area (TPSA) is 94.0 Å². The van der Waals surface area contributed by atoms with E-state index in [0.717, 1.165) is 0 Å². The summed E-state index contributed by atoms with van der Waals surface area (Å²) in [6.45, 7) is 1.60. The summed E-state index contributed by atoms with van der Waals surface area (Å²) >= 11 is 0. The highest BCUT2D eigenvalue weighted by atomic mass is 16.6. The van der Waals surface area contributed by atoms with Crippen LogP contribution in [0, 0.1) is 6.92 Å². The molecule has 1 rings (SSSR count). The number of rotatable bonds is 1. The molecule has 0 unspecified atom stereocenters. The van der Waals surface area contributed by atoms with E-state index in [-0.39, 0.29) is 5.69 Å². The van der Waals surface area contributed by atoms with Crippen LogP contribution < -0.4 is 11.3 Å². The molecular formula is C4H6N4O2. The molecule has 3 N–H and O–H groups in total. The van der Waals surface area contributed by atoms with E-state index in [1.54, 1.807) is 6.92 Å². The van der Waals surface area contributed by atoms with Gasteiger partial charge in [-0.1, -0.05) is 5.16 Å². The van der Waals surface area contributed by atoms with Gasteiger partial charge in [-0.25, -0.2) is 10.5 Å². The average molecular weight is 142 g/mol. The second kappa shape index (κ2) is 2.44. The van der Waals surface area contributed by atoms with E-state index in [4.69, 9.17) is 5.84 Å². The molecule has 6 nitrogen and oxygen atoms in total. The normalized spacial score (nSPS) is 9.40. The van der Waals surface area contributed by atoms with Gasteiger partial charge in [-0.3, -0.25) is 10.2 Å². The van der Waals surface area contributed by atoms with Crippen molar-refractivity contribution in [3.8, 4) is 0 Å². The lowest BCUT2D eigenvalue weighted by Crippen LogP contribution is -2.30. The van der Waals surface area contributed by atoms with Crippen LogP contribution in [0.4, 0.5) is 0 Å². The number of nitrogens with zero attached hydrogens (tertiary/aromatic N) is 2. The molecule has 0 aliphatic heterocycles. The molecule has 1 amide bonds. The van der Waals surface area contributed by atoms with Gasteiger partial charge in [0.2, 0.25) is 0 Å². The van der Waals surface area contributed by atoms with Crippen LogP contribution in [0.25, 0.3) is 0 Å². The van der Waals surface area contributed by atoms with Crippen molar-refractivity contribution < 1.29 is 9.42 Å². The Morgan fingerprint density at radius 1 is 1.70 bits per heavy atom. The lowest BCUT2D eigenvalue weighted by Gasteiger charge is -1.90. The minimum Gasteiger partial charge on any atom is -0.289 e. The summed E-state index contributed by atoms with van der Waals surface area (Å²) in [5, 5.41) is 6.69. The van der Waals surface area contributed by atoms with Crippen molar-refractivity contribution in [2.45, 2.75) is 6.92 Å². The molecule has 0 aliphatic rings. The maximum Gasteiger partial charge on any atom is 0.289 e. The fourth-order valence-corrected chi connectivity index (χ4v) is 0.506. The van der Waals surface area contributed by atoms with Gasteiger partial charge >= 0.3 is 0 Å². The molecule has 0 aliphatic carbocycles. The number of carbonyl (C=O) groups is 1. The smallest absolute Gasteiger partial charge is 0.289 e. The molecule has 0 saturated heterocycles. The molecule has 1 aromatic rings. The van der Waals surface area contributed by atoms with Crippen molar-refractivity contribution in [3.05, 3.63) is 11.4 Å². The molecule has 0 fully saturated rings. The van der Waals surface area contributed by atoms with E-state index in [1.807, 2.05) is 5.43 Å². The van der Waals surface area contributed by atoms with Gasteiger partial charge < -0.3 is 0 Å². The summed E-state index contributed by atoms with van der Waals surface area (Å²) in [6, 6.07) is 0. The quantitative estimate of drug-likeness (QED) is 0.297. The Morgan fingerprint density at radius 2 is 2.40 bits per heavy atom. The van der Waals surface area contributed by atoms with E-state index in [9.17, 15) is 4.79 Å². The minimum atomic E-state index is -0.501. The van der Waals surface area contributed by atoms with Gasteiger partial charge in [0, 0.05) is 0 Å². The van der Waals surface area contributed by atoms with Crippen LogP contribution in [0.15, 0.2) is 4.63 Å². The number of aryl methyl sites for hydroxylation is 1. The van der Waals surface area contributed by atoms with Crippen LogP contribution in [-0.2, 0) is 0 Å². The Hall–Kier alpha value is -1.43.